The molecule has 1 heterocycles. The number of hydrogen-bond acceptors (Lipinski definition) is 2. The van der Waals surface area contributed by atoms with Gasteiger partial charge in [-0.15, -0.1) is 0 Å². The first-order chi connectivity index (χ1) is 9.65. The van der Waals surface area contributed by atoms with Gasteiger partial charge in [0.15, 0.2) is 0 Å². The molecule has 1 aromatic carbocycles. The molecule has 0 saturated carbocycles. The molecule has 102 valence electrons. The minimum absolute atomic E-state index is 0.184. The minimum atomic E-state index is -0.856. The van der Waals surface area contributed by atoms with Crippen molar-refractivity contribution in [3.05, 3.63) is 48.2 Å². The average Bonchev–Trinajstić information content (AvgIpc) is 3.05. The lowest BCUT2D eigenvalue weighted by atomic mass is 10.1. The number of carbonyl (C=O) groups is 2. The fourth-order valence-corrected chi connectivity index (χ4v) is 2.52. The second kappa shape index (κ2) is 4.85. The third kappa shape index (κ3) is 2.18. The van der Waals surface area contributed by atoms with Crippen LogP contribution in [0.4, 0.5) is 0 Å². The van der Waals surface area contributed by atoms with Crippen molar-refractivity contribution in [2.75, 3.05) is 0 Å². The number of H-pyrrole nitrogens is 1. The number of rotatable bonds is 3. The zero-order chi connectivity index (χ0) is 14.1. The van der Waals surface area contributed by atoms with Crippen molar-refractivity contribution in [2.45, 2.75) is 12.5 Å². The van der Waals surface area contributed by atoms with Crippen LogP contribution in [0.1, 0.15) is 16.8 Å². The SMILES string of the molecule is O=C(NC1C=CC(C(=O)O)C1)c1cccc2[nH]ccc12. The van der Waals surface area contributed by atoms with Crippen molar-refractivity contribution < 1.29 is 14.7 Å². The van der Waals surface area contributed by atoms with Gasteiger partial charge in [-0.05, 0) is 24.6 Å². The van der Waals surface area contributed by atoms with Gasteiger partial charge in [-0.25, -0.2) is 0 Å². The summed E-state index contributed by atoms with van der Waals surface area (Å²) in [6.45, 7) is 0. The normalized spacial score (nSPS) is 21.2. The van der Waals surface area contributed by atoms with Crippen LogP contribution >= 0.6 is 0 Å². The van der Waals surface area contributed by atoms with E-state index in [0.29, 0.717) is 12.0 Å². The summed E-state index contributed by atoms with van der Waals surface area (Å²) >= 11 is 0. The highest BCUT2D eigenvalue weighted by Gasteiger charge is 2.25. The molecule has 0 bridgehead atoms. The predicted octanol–water partition coefficient (Wildman–Crippen LogP) is 1.93. The van der Waals surface area contributed by atoms with Crippen LogP contribution in [0.3, 0.4) is 0 Å². The maximum Gasteiger partial charge on any atom is 0.310 e. The van der Waals surface area contributed by atoms with Crippen LogP contribution in [0.5, 0.6) is 0 Å². The highest BCUT2D eigenvalue weighted by molar-refractivity contribution is 6.06. The zero-order valence-electron chi connectivity index (χ0n) is 10.7. The fraction of sp³-hybridized carbons (Fsp3) is 0.200. The second-order valence-electron chi connectivity index (χ2n) is 4.89. The molecule has 1 aliphatic rings. The number of carboxylic acid groups (broad SMARTS) is 1. The van der Waals surface area contributed by atoms with E-state index in [2.05, 4.69) is 10.3 Å². The van der Waals surface area contributed by atoms with Gasteiger partial charge < -0.3 is 15.4 Å². The number of benzene rings is 1. The molecule has 0 saturated heterocycles. The number of nitrogens with one attached hydrogen (secondary N) is 2. The lowest BCUT2D eigenvalue weighted by Crippen LogP contribution is -2.33. The van der Waals surface area contributed by atoms with Crippen molar-refractivity contribution in [1.29, 1.82) is 0 Å². The van der Waals surface area contributed by atoms with Gasteiger partial charge in [-0.2, -0.15) is 0 Å². The Morgan fingerprint density at radius 3 is 2.85 bits per heavy atom. The van der Waals surface area contributed by atoms with Crippen LogP contribution in [0, 0.1) is 5.92 Å². The smallest absolute Gasteiger partial charge is 0.310 e. The second-order valence-corrected chi connectivity index (χ2v) is 4.89. The first kappa shape index (κ1) is 12.5. The van der Waals surface area contributed by atoms with E-state index < -0.39 is 11.9 Å². The Hall–Kier alpha value is -2.56. The molecule has 1 amide bonds. The summed E-state index contributed by atoms with van der Waals surface area (Å²) in [5.41, 5.74) is 1.50. The van der Waals surface area contributed by atoms with Crippen LogP contribution in [0.25, 0.3) is 10.9 Å². The lowest BCUT2D eigenvalue weighted by Gasteiger charge is -2.12. The maximum atomic E-state index is 12.3. The van der Waals surface area contributed by atoms with Crippen LogP contribution < -0.4 is 5.32 Å². The van der Waals surface area contributed by atoms with Crippen molar-refractivity contribution in [2.24, 2.45) is 5.92 Å². The van der Waals surface area contributed by atoms with Gasteiger partial charge >= 0.3 is 5.97 Å². The lowest BCUT2D eigenvalue weighted by molar-refractivity contribution is -0.140. The first-order valence-corrected chi connectivity index (χ1v) is 6.43. The number of amides is 1. The van der Waals surface area contributed by atoms with Gasteiger partial charge in [0.25, 0.3) is 5.91 Å². The molecule has 5 heteroatoms. The minimum Gasteiger partial charge on any atom is -0.481 e. The Labute approximate surface area is 115 Å². The fourth-order valence-electron chi connectivity index (χ4n) is 2.52. The maximum absolute atomic E-state index is 12.3. The van der Waals surface area contributed by atoms with E-state index in [1.807, 2.05) is 18.2 Å². The molecule has 5 nitrogen and oxygen atoms in total. The summed E-state index contributed by atoms with van der Waals surface area (Å²) in [6, 6.07) is 7.12. The Morgan fingerprint density at radius 2 is 2.10 bits per heavy atom. The molecule has 3 rings (SSSR count). The van der Waals surface area contributed by atoms with Crippen molar-refractivity contribution in [1.82, 2.24) is 10.3 Å². The Balaban J connectivity index is 1.76. The largest absolute Gasteiger partial charge is 0.481 e. The molecule has 0 radical (unpaired) electrons. The summed E-state index contributed by atoms with van der Waals surface area (Å²) < 4.78 is 0. The number of fused-ring (bicyclic) bond motifs is 1. The van der Waals surface area contributed by atoms with E-state index in [4.69, 9.17) is 5.11 Å². The van der Waals surface area contributed by atoms with Crippen LogP contribution in [0.15, 0.2) is 42.6 Å². The summed E-state index contributed by atoms with van der Waals surface area (Å²) in [7, 11) is 0. The van der Waals surface area contributed by atoms with E-state index in [0.717, 1.165) is 10.9 Å². The molecule has 2 atom stereocenters. The number of aliphatic carboxylic acids is 1. The van der Waals surface area contributed by atoms with Gasteiger partial charge in [0.05, 0.1) is 5.92 Å². The summed E-state index contributed by atoms with van der Waals surface area (Å²) in [4.78, 5) is 26.2. The molecule has 3 N–H and O–H groups in total. The number of aromatic nitrogens is 1. The van der Waals surface area contributed by atoms with Crippen molar-refractivity contribution >= 4 is 22.8 Å². The van der Waals surface area contributed by atoms with Gasteiger partial charge in [0.1, 0.15) is 0 Å². The monoisotopic (exact) mass is 270 g/mol. The molecule has 0 fully saturated rings. The van der Waals surface area contributed by atoms with E-state index in [9.17, 15) is 9.59 Å². The van der Waals surface area contributed by atoms with E-state index >= 15 is 0 Å². The highest BCUT2D eigenvalue weighted by atomic mass is 16.4. The molecule has 2 aromatic rings. The quantitative estimate of drug-likeness (QED) is 0.745. The average molecular weight is 270 g/mol. The Bertz CT molecular complexity index is 702. The van der Waals surface area contributed by atoms with Crippen LogP contribution in [-0.2, 0) is 4.79 Å². The Morgan fingerprint density at radius 1 is 1.25 bits per heavy atom. The Kier molecular flexibility index (Phi) is 3.02. The molecular weight excluding hydrogens is 256 g/mol. The van der Waals surface area contributed by atoms with Gasteiger partial charge in [-0.3, -0.25) is 9.59 Å². The zero-order valence-corrected chi connectivity index (χ0v) is 10.7. The predicted molar refractivity (Wildman–Crippen MR) is 74.4 cm³/mol. The summed E-state index contributed by atoms with van der Waals surface area (Å²) in [5.74, 6) is -1.55. The first-order valence-electron chi connectivity index (χ1n) is 6.43. The van der Waals surface area contributed by atoms with Gasteiger partial charge in [0, 0.05) is 28.7 Å². The van der Waals surface area contributed by atoms with E-state index in [-0.39, 0.29) is 11.9 Å². The van der Waals surface area contributed by atoms with E-state index in [1.54, 1.807) is 24.4 Å². The van der Waals surface area contributed by atoms with Gasteiger partial charge in [-0.1, -0.05) is 18.2 Å². The third-order valence-electron chi connectivity index (χ3n) is 3.56. The molecule has 1 aromatic heterocycles. The number of aromatic amines is 1. The molecule has 0 spiro atoms. The van der Waals surface area contributed by atoms with Crippen LogP contribution in [-0.4, -0.2) is 28.0 Å². The van der Waals surface area contributed by atoms with E-state index in [1.165, 1.54) is 0 Å². The van der Waals surface area contributed by atoms with Gasteiger partial charge in [0.2, 0.25) is 0 Å². The molecular formula is C15H14N2O3. The number of carbonyl (C=O) groups excluding carboxylic acids is 1. The molecule has 20 heavy (non-hydrogen) atoms. The topological polar surface area (TPSA) is 82.2 Å². The number of hydrogen-bond donors (Lipinski definition) is 3. The number of carboxylic acids is 1. The summed E-state index contributed by atoms with van der Waals surface area (Å²) in [6.07, 6.45) is 5.57. The van der Waals surface area contributed by atoms with Crippen LogP contribution in [0.2, 0.25) is 0 Å². The standard InChI is InChI=1S/C15H14N2O3/c18-14(17-10-5-4-9(8-10)15(19)20)12-2-1-3-13-11(12)6-7-16-13/h1-7,9-10,16H,8H2,(H,17,18)(H,19,20). The van der Waals surface area contributed by atoms with Crippen molar-refractivity contribution in [3.8, 4) is 0 Å². The molecule has 1 aliphatic carbocycles. The highest BCUT2D eigenvalue weighted by Crippen LogP contribution is 2.20. The summed E-state index contributed by atoms with van der Waals surface area (Å²) in [5, 5.41) is 12.6. The molecule has 0 aliphatic heterocycles. The third-order valence-corrected chi connectivity index (χ3v) is 3.56. The van der Waals surface area contributed by atoms with Crippen molar-refractivity contribution in [3.63, 3.8) is 0 Å². The molecule has 2 unspecified atom stereocenters.